The van der Waals surface area contributed by atoms with Gasteiger partial charge in [-0.1, -0.05) is 17.3 Å². The van der Waals surface area contributed by atoms with Gasteiger partial charge in [-0.15, -0.1) is 0 Å². The van der Waals surface area contributed by atoms with Crippen LogP contribution in [0.3, 0.4) is 0 Å². The normalized spacial score (nSPS) is 11.1. The Bertz CT molecular complexity index is 1190. The summed E-state index contributed by atoms with van der Waals surface area (Å²) in [6.45, 7) is 6.28. The molecule has 4 aromatic rings. The van der Waals surface area contributed by atoms with Gasteiger partial charge in [0.15, 0.2) is 0 Å². The van der Waals surface area contributed by atoms with Crippen molar-refractivity contribution in [3.8, 4) is 11.3 Å². The predicted molar refractivity (Wildman–Crippen MR) is 103 cm³/mol. The highest BCUT2D eigenvalue weighted by atomic mass is 19.1. The van der Waals surface area contributed by atoms with E-state index in [1.807, 2.05) is 13.8 Å². The molecule has 0 atom stereocenters. The third-order valence-corrected chi connectivity index (χ3v) is 4.66. The van der Waals surface area contributed by atoms with E-state index in [4.69, 9.17) is 4.52 Å². The summed E-state index contributed by atoms with van der Waals surface area (Å²) in [7, 11) is 0. The van der Waals surface area contributed by atoms with Crippen molar-refractivity contribution < 1.29 is 13.7 Å². The second-order valence-electron chi connectivity index (χ2n) is 6.40. The Morgan fingerprint density at radius 3 is 2.79 bits per heavy atom. The van der Waals surface area contributed by atoms with Crippen molar-refractivity contribution in [1.29, 1.82) is 0 Å². The number of carbonyl (C=O) groups is 1. The minimum absolute atomic E-state index is 0.185. The van der Waals surface area contributed by atoms with Gasteiger partial charge in [-0.05, 0) is 39.0 Å². The molecule has 4 rings (SSSR count). The first kappa shape index (κ1) is 17.8. The average Bonchev–Trinajstić information content (AvgIpc) is 3.24. The zero-order valence-corrected chi connectivity index (χ0v) is 15.7. The van der Waals surface area contributed by atoms with E-state index in [9.17, 15) is 9.18 Å². The smallest absolute Gasteiger partial charge is 0.259 e. The van der Waals surface area contributed by atoms with Crippen LogP contribution in [0.4, 0.5) is 10.1 Å². The van der Waals surface area contributed by atoms with Crippen LogP contribution >= 0.6 is 0 Å². The highest BCUT2D eigenvalue weighted by Crippen LogP contribution is 2.29. The van der Waals surface area contributed by atoms with Gasteiger partial charge in [0.1, 0.15) is 5.82 Å². The number of benzene rings is 1. The van der Waals surface area contributed by atoms with E-state index in [2.05, 4.69) is 20.6 Å². The van der Waals surface area contributed by atoms with Crippen molar-refractivity contribution in [3.63, 3.8) is 0 Å². The average molecular weight is 379 g/mol. The van der Waals surface area contributed by atoms with Crippen molar-refractivity contribution in [2.75, 3.05) is 5.32 Å². The van der Waals surface area contributed by atoms with E-state index < -0.39 is 5.82 Å². The molecule has 0 aliphatic rings. The van der Waals surface area contributed by atoms with E-state index in [0.717, 1.165) is 5.69 Å². The number of nitrogens with one attached hydrogen (secondary N) is 1. The Morgan fingerprint density at radius 2 is 2.07 bits per heavy atom. The molecule has 1 N–H and O–H groups in total. The predicted octanol–water partition coefficient (Wildman–Crippen LogP) is 4.11. The molecule has 0 radical (unpaired) electrons. The molecule has 3 heterocycles. The number of hydrogen-bond donors (Lipinski definition) is 1. The van der Waals surface area contributed by atoms with Gasteiger partial charge in [-0.3, -0.25) is 9.48 Å². The highest BCUT2D eigenvalue weighted by Gasteiger charge is 2.21. The number of anilines is 1. The van der Waals surface area contributed by atoms with E-state index in [1.165, 1.54) is 6.07 Å². The molecule has 8 heteroatoms. The molecular weight excluding hydrogens is 361 g/mol. The van der Waals surface area contributed by atoms with Gasteiger partial charge >= 0.3 is 0 Å². The van der Waals surface area contributed by atoms with Crippen molar-refractivity contribution in [1.82, 2.24) is 19.9 Å². The Morgan fingerprint density at radius 1 is 1.29 bits per heavy atom. The van der Waals surface area contributed by atoms with Crippen molar-refractivity contribution in [2.45, 2.75) is 27.3 Å². The lowest BCUT2D eigenvalue weighted by molar-refractivity contribution is 0.102. The third kappa shape index (κ3) is 2.92. The molecule has 142 valence electrons. The van der Waals surface area contributed by atoms with Gasteiger partial charge in [0.05, 0.1) is 39.9 Å². The number of rotatable bonds is 4. The number of hydrogen-bond acceptors (Lipinski definition) is 5. The summed E-state index contributed by atoms with van der Waals surface area (Å²) in [5.41, 5.74) is 3.06. The van der Waals surface area contributed by atoms with Crippen LogP contribution < -0.4 is 5.32 Å². The molecule has 0 saturated carbocycles. The lowest BCUT2D eigenvalue weighted by Gasteiger charge is -2.09. The molecule has 0 fully saturated rings. The molecule has 28 heavy (non-hydrogen) atoms. The van der Waals surface area contributed by atoms with E-state index in [-0.39, 0.29) is 17.2 Å². The number of aromatic nitrogens is 4. The van der Waals surface area contributed by atoms with E-state index in [0.29, 0.717) is 34.6 Å². The highest BCUT2D eigenvalue weighted by molar-refractivity contribution is 6.13. The number of pyridine rings is 1. The first-order chi connectivity index (χ1) is 13.5. The molecule has 0 saturated heterocycles. The molecule has 0 spiro atoms. The van der Waals surface area contributed by atoms with Crippen LogP contribution in [-0.4, -0.2) is 25.8 Å². The summed E-state index contributed by atoms with van der Waals surface area (Å²) >= 11 is 0. The first-order valence-corrected chi connectivity index (χ1v) is 8.85. The number of fused-ring (bicyclic) bond motifs is 1. The van der Waals surface area contributed by atoms with E-state index >= 15 is 0 Å². The summed E-state index contributed by atoms with van der Waals surface area (Å²) in [5, 5.41) is 11.5. The van der Waals surface area contributed by atoms with Gasteiger partial charge in [0.2, 0.25) is 0 Å². The lowest BCUT2D eigenvalue weighted by atomic mass is 10.0. The van der Waals surface area contributed by atoms with Gasteiger partial charge in [-0.25, -0.2) is 9.37 Å². The first-order valence-electron chi connectivity index (χ1n) is 8.85. The van der Waals surface area contributed by atoms with Crippen molar-refractivity contribution in [3.05, 3.63) is 59.3 Å². The number of amides is 1. The fourth-order valence-electron chi connectivity index (χ4n) is 3.16. The molecule has 0 unspecified atom stereocenters. The van der Waals surface area contributed by atoms with E-state index in [1.54, 1.807) is 42.1 Å². The fourth-order valence-corrected chi connectivity index (χ4v) is 3.16. The minimum Gasteiger partial charge on any atom is -0.335 e. The van der Waals surface area contributed by atoms with Gasteiger partial charge in [0.25, 0.3) is 11.6 Å². The Kier molecular flexibility index (Phi) is 4.38. The Hall–Kier alpha value is -3.55. The maximum absolute atomic E-state index is 14.3. The van der Waals surface area contributed by atoms with Crippen LogP contribution in [0, 0.1) is 19.7 Å². The molecule has 0 aliphatic carbocycles. The van der Waals surface area contributed by atoms with Gasteiger partial charge < -0.3 is 9.84 Å². The van der Waals surface area contributed by atoms with Gasteiger partial charge in [-0.2, -0.15) is 5.10 Å². The molecule has 7 nitrogen and oxygen atoms in total. The molecule has 1 amide bonds. The topological polar surface area (TPSA) is 85.8 Å². The summed E-state index contributed by atoms with van der Waals surface area (Å²) in [4.78, 5) is 17.4. The maximum atomic E-state index is 14.3. The van der Waals surface area contributed by atoms with Crippen LogP contribution in [0.2, 0.25) is 0 Å². The van der Waals surface area contributed by atoms with Crippen LogP contribution in [0.1, 0.15) is 28.7 Å². The molecular formula is C20H18FN5O2. The zero-order valence-electron chi connectivity index (χ0n) is 15.7. The SMILES string of the molecule is CCn1ncc(NC(=O)c2cc(-c3ccccc3F)nc3onc(C)c23)c1C. The summed E-state index contributed by atoms with van der Waals surface area (Å²) in [5.74, 6) is -0.799. The minimum atomic E-state index is -0.433. The number of aryl methyl sites for hydroxylation is 2. The number of carbonyl (C=O) groups excluding carboxylic acids is 1. The van der Waals surface area contributed by atoms with Crippen LogP contribution in [0.15, 0.2) is 41.1 Å². The Labute approximate surface area is 160 Å². The molecule has 0 bridgehead atoms. The number of halogens is 1. The summed E-state index contributed by atoms with van der Waals surface area (Å²) in [6.07, 6.45) is 1.60. The monoisotopic (exact) mass is 379 g/mol. The van der Waals surface area contributed by atoms with Crippen LogP contribution in [0.25, 0.3) is 22.4 Å². The third-order valence-electron chi connectivity index (χ3n) is 4.66. The fraction of sp³-hybridized carbons (Fsp3) is 0.200. The quantitative estimate of drug-likeness (QED) is 0.577. The molecule has 1 aromatic carbocycles. The van der Waals surface area contributed by atoms with Crippen molar-refractivity contribution >= 4 is 22.7 Å². The van der Waals surface area contributed by atoms with Crippen LogP contribution in [-0.2, 0) is 6.54 Å². The van der Waals surface area contributed by atoms with Crippen molar-refractivity contribution in [2.24, 2.45) is 0 Å². The standard InChI is InChI=1S/C20H18FN5O2/c1-4-26-12(3)17(10-22-26)23-19(27)14-9-16(13-7-5-6-8-15(13)21)24-20-18(14)11(2)25-28-20/h5-10H,4H2,1-3H3,(H,23,27). The second kappa shape index (κ2) is 6.88. The summed E-state index contributed by atoms with van der Waals surface area (Å²) in [6, 6.07) is 7.80. The second-order valence-corrected chi connectivity index (χ2v) is 6.40. The van der Waals surface area contributed by atoms with Crippen LogP contribution in [0.5, 0.6) is 0 Å². The zero-order chi connectivity index (χ0) is 19.8. The number of nitrogens with zero attached hydrogens (tertiary/aromatic N) is 4. The van der Waals surface area contributed by atoms with Gasteiger partial charge in [0, 0.05) is 12.1 Å². The largest absolute Gasteiger partial charge is 0.335 e. The maximum Gasteiger partial charge on any atom is 0.259 e. The summed E-state index contributed by atoms with van der Waals surface area (Å²) < 4.78 is 21.3. The molecule has 0 aliphatic heterocycles. The Balaban J connectivity index is 1.83. The molecule has 3 aromatic heterocycles. The lowest BCUT2D eigenvalue weighted by Crippen LogP contribution is -2.14.